The Morgan fingerprint density at radius 3 is 2.92 bits per heavy atom. The molecule has 1 unspecified atom stereocenters. The molecular formula is C19H31N5O2. The van der Waals surface area contributed by atoms with Crippen molar-refractivity contribution in [2.45, 2.75) is 71.2 Å². The van der Waals surface area contributed by atoms with Gasteiger partial charge in [-0.2, -0.15) is 0 Å². The molecule has 7 heteroatoms. The van der Waals surface area contributed by atoms with E-state index in [0.717, 1.165) is 31.6 Å². The quantitative estimate of drug-likeness (QED) is 0.809. The van der Waals surface area contributed by atoms with Crippen molar-refractivity contribution in [3.8, 4) is 0 Å². The molecule has 0 aromatic heterocycles. The Hall–Kier alpha value is -2.18. The standard InChI is InChI=1S/C19H31N5O2/c1-6-14-13-21-19(5)10-9-16(22-24(14)19)20-12-15-8-7-11-23(15)17(25)26-18(2,3)4/h9-10,13,15,21H,6-8,11-12H2,1-5H3,(H,20,22)/t15-,19?/m0/s1. The first-order chi connectivity index (χ1) is 12.2. The van der Waals surface area contributed by atoms with Gasteiger partial charge in [0.15, 0.2) is 0 Å². The lowest BCUT2D eigenvalue weighted by atomic mass is 10.1. The van der Waals surface area contributed by atoms with Crippen LogP contribution in [0.25, 0.3) is 0 Å². The number of nitrogens with one attached hydrogen (secondary N) is 2. The van der Waals surface area contributed by atoms with E-state index in [0.29, 0.717) is 6.54 Å². The Morgan fingerprint density at radius 1 is 1.46 bits per heavy atom. The van der Waals surface area contributed by atoms with Gasteiger partial charge in [-0.15, -0.1) is 0 Å². The topological polar surface area (TPSA) is 69.2 Å². The molecule has 0 aliphatic carbocycles. The number of hydrazine groups is 1. The number of rotatable bonds is 3. The van der Waals surface area contributed by atoms with Gasteiger partial charge >= 0.3 is 6.09 Å². The summed E-state index contributed by atoms with van der Waals surface area (Å²) in [5, 5.41) is 5.50. The van der Waals surface area contributed by atoms with Crippen LogP contribution in [0.2, 0.25) is 0 Å². The second-order valence-corrected chi connectivity index (χ2v) is 8.26. The van der Waals surface area contributed by atoms with Gasteiger partial charge in [-0.3, -0.25) is 15.4 Å². The summed E-state index contributed by atoms with van der Waals surface area (Å²) in [5.41, 5.74) is 3.87. The Kier molecular flexibility index (Phi) is 4.90. The van der Waals surface area contributed by atoms with Crippen molar-refractivity contribution in [3.63, 3.8) is 0 Å². The third kappa shape index (κ3) is 3.81. The fraction of sp³-hybridized carbons (Fsp3) is 0.684. The number of nitrogens with zero attached hydrogens (tertiary/aromatic N) is 3. The zero-order valence-corrected chi connectivity index (χ0v) is 16.5. The minimum absolute atomic E-state index is 0.0961. The zero-order valence-electron chi connectivity index (χ0n) is 16.5. The van der Waals surface area contributed by atoms with Gasteiger partial charge in [-0.1, -0.05) is 6.92 Å². The van der Waals surface area contributed by atoms with E-state index < -0.39 is 5.60 Å². The van der Waals surface area contributed by atoms with E-state index in [1.807, 2.05) is 37.9 Å². The van der Waals surface area contributed by atoms with E-state index in [1.165, 1.54) is 5.70 Å². The van der Waals surface area contributed by atoms with E-state index in [9.17, 15) is 4.79 Å². The van der Waals surface area contributed by atoms with Crippen molar-refractivity contribution in [1.82, 2.24) is 20.7 Å². The number of hydrogen-bond acceptors (Lipinski definition) is 5. The van der Waals surface area contributed by atoms with E-state index in [1.54, 1.807) is 0 Å². The van der Waals surface area contributed by atoms with E-state index in [4.69, 9.17) is 9.73 Å². The second-order valence-electron chi connectivity index (χ2n) is 8.26. The highest BCUT2D eigenvalue weighted by Gasteiger charge is 2.37. The maximum atomic E-state index is 12.4. The van der Waals surface area contributed by atoms with Crippen LogP contribution < -0.4 is 10.7 Å². The molecule has 0 bridgehead atoms. The molecule has 3 rings (SSSR count). The average Bonchev–Trinajstić information content (AvgIpc) is 3.15. The highest BCUT2D eigenvalue weighted by molar-refractivity contribution is 5.93. The molecule has 2 N–H and O–H groups in total. The predicted molar refractivity (Wildman–Crippen MR) is 102 cm³/mol. The molecule has 0 saturated carbocycles. The first-order valence-corrected chi connectivity index (χ1v) is 9.49. The number of allylic oxidation sites excluding steroid dienone is 1. The molecule has 0 aromatic rings. The number of carbonyl (C=O) groups excluding carboxylic acids is 1. The maximum Gasteiger partial charge on any atom is 0.410 e. The molecule has 144 valence electrons. The zero-order chi connectivity index (χ0) is 18.9. The van der Waals surface area contributed by atoms with Crippen LogP contribution in [0.1, 0.15) is 53.9 Å². The molecule has 1 fully saturated rings. The molecule has 0 aromatic carbocycles. The Bertz CT molecular complexity index is 649. The highest BCUT2D eigenvalue weighted by atomic mass is 16.6. The molecule has 3 aliphatic rings. The number of carbonyl (C=O) groups is 1. The van der Waals surface area contributed by atoms with Crippen LogP contribution in [-0.2, 0) is 4.74 Å². The van der Waals surface area contributed by atoms with Crippen molar-refractivity contribution < 1.29 is 9.53 Å². The Balaban J connectivity index is 1.64. The van der Waals surface area contributed by atoms with Crippen molar-refractivity contribution in [2.24, 2.45) is 4.99 Å². The molecule has 3 heterocycles. The second kappa shape index (κ2) is 6.85. The SMILES string of the molecule is CCC1=CNC2(C)C=CC(=NC[C@@H]3CCCN3C(=O)OC(C)(C)C)NN12. The van der Waals surface area contributed by atoms with Gasteiger partial charge in [-0.05, 0) is 59.1 Å². The van der Waals surface area contributed by atoms with Gasteiger partial charge in [-0.25, -0.2) is 4.79 Å². The summed E-state index contributed by atoms with van der Waals surface area (Å²) in [6, 6.07) is 0.0961. The van der Waals surface area contributed by atoms with Crippen LogP contribution in [0.4, 0.5) is 4.79 Å². The van der Waals surface area contributed by atoms with Crippen molar-refractivity contribution in [2.75, 3.05) is 13.1 Å². The fourth-order valence-corrected chi connectivity index (χ4v) is 3.50. The minimum Gasteiger partial charge on any atom is -0.444 e. The summed E-state index contributed by atoms with van der Waals surface area (Å²) in [6.45, 7) is 11.3. The summed E-state index contributed by atoms with van der Waals surface area (Å²) in [6.07, 6.45) is 8.81. The molecule has 0 radical (unpaired) electrons. The van der Waals surface area contributed by atoms with Gasteiger partial charge in [0, 0.05) is 12.7 Å². The first-order valence-electron chi connectivity index (χ1n) is 9.49. The third-order valence-corrected chi connectivity index (χ3v) is 4.91. The highest BCUT2D eigenvalue weighted by Crippen LogP contribution is 2.27. The summed E-state index contributed by atoms with van der Waals surface area (Å²) >= 11 is 0. The lowest BCUT2D eigenvalue weighted by Crippen LogP contribution is -2.58. The largest absolute Gasteiger partial charge is 0.444 e. The lowest BCUT2D eigenvalue weighted by Gasteiger charge is -2.39. The predicted octanol–water partition coefficient (Wildman–Crippen LogP) is 2.73. The maximum absolute atomic E-state index is 12.4. The van der Waals surface area contributed by atoms with Crippen LogP contribution in [0.5, 0.6) is 0 Å². The van der Waals surface area contributed by atoms with Gasteiger partial charge in [0.1, 0.15) is 17.1 Å². The summed E-state index contributed by atoms with van der Waals surface area (Å²) < 4.78 is 5.53. The number of fused-ring (bicyclic) bond motifs is 1. The number of aliphatic imine (C=N–C) groups is 1. The average molecular weight is 361 g/mol. The van der Waals surface area contributed by atoms with Crippen LogP contribution >= 0.6 is 0 Å². The smallest absolute Gasteiger partial charge is 0.410 e. The number of hydrogen-bond donors (Lipinski definition) is 2. The monoisotopic (exact) mass is 361 g/mol. The van der Waals surface area contributed by atoms with Gasteiger partial charge in [0.25, 0.3) is 0 Å². The minimum atomic E-state index is -0.472. The Morgan fingerprint density at radius 2 is 2.23 bits per heavy atom. The molecule has 7 nitrogen and oxygen atoms in total. The summed E-state index contributed by atoms with van der Waals surface area (Å²) in [4.78, 5) is 18.9. The normalized spacial score (nSPS) is 29.3. The molecule has 3 aliphatic heterocycles. The van der Waals surface area contributed by atoms with Crippen LogP contribution in [-0.4, -0.2) is 52.2 Å². The van der Waals surface area contributed by atoms with Crippen LogP contribution in [0, 0.1) is 0 Å². The van der Waals surface area contributed by atoms with E-state index in [2.05, 4.69) is 35.7 Å². The summed E-state index contributed by atoms with van der Waals surface area (Å²) in [5.74, 6) is 0.821. The number of likely N-dealkylation sites (tertiary alicyclic amines) is 1. The van der Waals surface area contributed by atoms with Crippen molar-refractivity contribution >= 4 is 11.9 Å². The van der Waals surface area contributed by atoms with Crippen LogP contribution in [0.15, 0.2) is 29.0 Å². The van der Waals surface area contributed by atoms with Crippen molar-refractivity contribution in [1.29, 1.82) is 0 Å². The van der Waals surface area contributed by atoms with Crippen molar-refractivity contribution in [3.05, 3.63) is 24.0 Å². The van der Waals surface area contributed by atoms with E-state index in [-0.39, 0.29) is 17.8 Å². The van der Waals surface area contributed by atoms with Crippen LogP contribution in [0.3, 0.4) is 0 Å². The Labute approximate surface area is 156 Å². The molecule has 26 heavy (non-hydrogen) atoms. The number of ether oxygens (including phenoxy) is 1. The fourth-order valence-electron chi connectivity index (χ4n) is 3.50. The molecule has 1 amide bonds. The molecule has 2 atom stereocenters. The third-order valence-electron chi connectivity index (χ3n) is 4.91. The molecule has 1 saturated heterocycles. The first kappa shape index (κ1) is 18.6. The molecular weight excluding hydrogens is 330 g/mol. The molecule has 0 spiro atoms. The van der Waals surface area contributed by atoms with Gasteiger partial charge in [0.05, 0.1) is 18.3 Å². The lowest BCUT2D eigenvalue weighted by molar-refractivity contribution is 0.0232. The number of amides is 1. The number of amidine groups is 1. The van der Waals surface area contributed by atoms with Gasteiger partial charge < -0.3 is 15.0 Å². The van der Waals surface area contributed by atoms with Gasteiger partial charge in [0.2, 0.25) is 0 Å². The van der Waals surface area contributed by atoms with E-state index >= 15 is 0 Å². The summed E-state index contributed by atoms with van der Waals surface area (Å²) in [7, 11) is 0.